The molecule has 3 aromatic rings. The van der Waals surface area contributed by atoms with Crippen molar-refractivity contribution in [3.05, 3.63) is 64.9 Å². The van der Waals surface area contributed by atoms with Gasteiger partial charge in [-0.15, -0.1) is 11.3 Å². The SMILES string of the molecule is O=C(c1ccccc1F)N1CCCCC[C@@H]1c1cc(-c2cccs2)on1. The van der Waals surface area contributed by atoms with Crippen molar-refractivity contribution in [3.8, 4) is 10.6 Å². The number of likely N-dealkylation sites (tertiary alicyclic amines) is 1. The van der Waals surface area contributed by atoms with Crippen LogP contribution >= 0.6 is 11.3 Å². The lowest BCUT2D eigenvalue weighted by Crippen LogP contribution is -2.35. The van der Waals surface area contributed by atoms with Crippen LogP contribution < -0.4 is 0 Å². The van der Waals surface area contributed by atoms with E-state index in [1.165, 1.54) is 6.07 Å². The Morgan fingerprint density at radius 3 is 2.88 bits per heavy atom. The minimum atomic E-state index is -0.486. The predicted octanol–water partition coefficient (Wildman–Crippen LogP) is 5.30. The second kappa shape index (κ2) is 7.41. The smallest absolute Gasteiger partial charge is 0.257 e. The number of amides is 1. The summed E-state index contributed by atoms with van der Waals surface area (Å²) in [7, 11) is 0. The highest BCUT2D eigenvalue weighted by Gasteiger charge is 2.31. The summed E-state index contributed by atoms with van der Waals surface area (Å²) < 4.78 is 19.6. The normalized spacial score (nSPS) is 17.9. The van der Waals surface area contributed by atoms with E-state index < -0.39 is 5.82 Å². The molecule has 4 rings (SSSR count). The molecule has 1 atom stereocenters. The third-order valence-electron chi connectivity index (χ3n) is 4.75. The zero-order valence-corrected chi connectivity index (χ0v) is 15.0. The van der Waals surface area contributed by atoms with E-state index in [-0.39, 0.29) is 17.5 Å². The van der Waals surface area contributed by atoms with Crippen LogP contribution in [0.15, 0.2) is 52.4 Å². The van der Waals surface area contributed by atoms with Crippen molar-refractivity contribution in [1.82, 2.24) is 10.1 Å². The number of carbonyl (C=O) groups is 1. The number of carbonyl (C=O) groups excluding carboxylic acids is 1. The molecule has 4 nitrogen and oxygen atoms in total. The van der Waals surface area contributed by atoms with Crippen LogP contribution in [0.1, 0.15) is 47.8 Å². The van der Waals surface area contributed by atoms with Gasteiger partial charge in [0, 0.05) is 12.6 Å². The Balaban J connectivity index is 1.66. The summed E-state index contributed by atoms with van der Waals surface area (Å²) in [5.41, 5.74) is 0.848. The molecule has 1 aliphatic rings. The second-order valence-electron chi connectivity index (χ2n) is 6.44. The average molecular weight is 370 g/mol. The summed E-state index contributed by atoms with van der Waals surface area (Å²) in [4.78, 5) is 15.8. The molecular weight excluding hydrogens is 351 g/mol. The molecule has 1 fully saturated rings. The monoisotopic (exact) mass is 370 g/mol. The highest BCUT2D eigenvalue weighted by atomic mass is 32.1. The molecule has 0 saturated carbocycles. The molecule has 0 aliphatic carbocycles. The molecule has 26 heavy (non-hydrogen) atoms. The fourth-order valence-corrected chi connectivity index (χ4v) is 4.10. The Hall–Kier alpha value is -2.47. The molecule has 3 heterocycles. The number of hydrogen-bond donors (Lipinski definition) is 0. The maximum Gasteiger partial charge on any atom is 0.257 e. The van der Waals surface area contributed by atoms with Gasteiger partial charge in [-0.3, -0.25) is 4.79 Å². The van der Waals surface area contributed by atoms with Crippen molar-refractivity contribution in [3.63, 3.8) is 0 Å². The third kappa shape index (κ3) is 3.29. The van der Waals surface area contributed by atoms with E-state index in [1.807, 2.05) is 23.6 Å². The Morgan fingerprint density at radius 2 is 2.08 bits per heavy atom. The maximum atomic E-state index is 14.1. The first-order valence-electron chi connectivity index (χ1n) is 8.80. The highest BCUT2D eigenvalue weighted by Crippen LogP contribution is 2.34. The summed E-state index contributed by atoms with van der Waals surface area (Å²) in [5, 5.41) is 6.21. The van der Waals surface area contributed by atoms with Gasteiger partial charge in [-0.25, -0.2) is 4.39 Å². The fourth-order valence-electron chi connectivity index (χ4n) is 3.43. The molecule has 0 radical (unpaired) electrons. The number of nitrogens with zero attached hydrogens (tertiary/aromatic N) is 2. The van der Waals surface area contributed by atoms with E-state index >= 15 is 0 Å². The van der Waals surface area contributed by atoms with Gasteiger partial charge in [0.05, 0.1) is 16.5 Å². The van der Waals surface area contributed by atoms with E-state index in [1.54, 1.807) is 34.4 Å². The van der Waals surface area contributed by atoms with Gasteiger partial charge in [-0.2, -0.15) is 0 Å². The van der Waals surface area contributed by atoms with Crippen molar-refractivity contribution in [1.29, 1.82) is 0 Å². The molecular formula is C20H19FN2O2S. The van der Waals surface area contributed by atoms with Crippen molar-refractivity contribution in [2.24, 2.45) is 0 Å². The van der Waals surface area contributed by atoms with Crippen molar-refractivity contribution < 1.29 is 13.7 Å². The van der Waals surface area contributed by atoms with Gasteiger partial charge < -0.3 is 9.42 Å². The number of thiophene rings is 1. The summed E-state index contributed by atoms with van der Waals surface area (Å²) in [5.74, 6) is -0.0619. The first-order valence-corrected chi connectivity index (χ1v) is 9.68. The average Bonchev–Trinajstić information content (AvgIpc) is 3.29. The Kier molecular flexibility index (Phi) is 4.84. The van der Waals surface area contributed by atoms with E-state index in [9.17, 15) is 9.18 Å². The summed E-state index contributed by atoms with van der Waals surface area (Å²) in [6.07, 6.45) is 3.77. The van der Waals surface area contributed by atoms with Crippen LogP contribution in [-0.2, 0) is 0 Å². The van der Waals surface area contributed by atoms with Crippen LogP contribution in [0.3, 0.4) is 0 Å². The van der Waals surface area contributed by atoms with Gasteiger partial charge in [0.25, 0.3) is 5.91 Å². The van der Waals surface area contributed by atoms with E-state index in [2.05, 4.69) is 5.16 Å². The number of halogens is 1. The molecule has 0 N–H and O–H groups in total. The molecule has 1 aromatic carbocycles. The third-order valence-corrected chi connectivity index (χ3v) is 5.64. The van der Waals surface area contributed by atoms with Gasteiger partial charge in [-0.1, -0.05) is 36.2 Å². The standard InChI is InChI=1S/C20H19FN2O2S/c21-15-8-4-3-7-14(15)20(24)23-11-5-1-2-9-17(23)16-13-18(25-22-16)19-10-6-12-26-19/h3-4,6-8,10,12-13,17H,1-2,5,9,11H2/t17-/m1/s1. The molecule has 1 saturated heterocycles. The van der Waals surface area contributed by atoms with E-state index in [0.717, 1.165) is 36.3 Å². The van der Waals surface area contributed by atoms with Crippen molar-refractivity contribution in [2.75, 3.05) is 6.54 Å². The molecule has 0 unspecified atom stereocenters. The molecule has 134 valence electrons. The molecule has 6 heteroatoms. The lowest BCUT2D eigenvalue weighted by molar-refractivity contribution is 0.0669. The van der Waals surface area contributed by atoms with Crippen LogP contribution in [0.2, 0.25) is 0 Å². The van der Waals surface area contributed by atoms with Gasteiger partial charge in [0.2, 0.25) is 0 Å². The Morgan fingerprint density at radius 1 is 1.19 bits per heavy atom. The first-order chi connectivity index (χ1) is 12.7. The van der Waals surface area contributed by atoms with Crippen LogP contribution in [0, 0.1) is 5.82 Å². The quantitative estimate of drug-likeness (QED) is 0.628. The van der Waals surface area contributed by atoms with Crippen molar-refractivity contribution >= 4 is 17.2 Å². The van der Waals surface area contributed by atoms with Gasteiger partial charge in [0.15, 0.2) is 5.76 Å². The van der Waals surface area contributed by atoms with E-state index in [4.69, 9.17) is 4.52 Å². The minimum Gasteiger partial charge on any atom is -0.355 e. The topological polar surface area (TPSA) is 46.3 Å². The fraction of sp³-hybridized carbons (Fsp3) is 0.300. The predicted molar refractivity (Wildman–Crippen MR) is 98.5 cm³/mol. The molecule has 1 amide bonds. The van der Waals surface area contributed by atoms with Gasteiger partial charge in [-0.05, 0) is 36.4 Å². The molecule has 1 aliphatic heterocycles. The van der Waals surface area contributed by atoms with Crippen LogP contribution in [0.25, 0.3) is 10.6 Å². The van der Waals surface area contributed by atoms with Crippen LogP contribution in [0.4, 0.5) is 4.39 Å². The number of aromatic nitrogens is 1. The lowest BCUT2D eigenvalue weighted by atomic mass is 10.0. The number of rotatable bonds is 3. The zero-order valence-electron chi connectivity index (χ0n) is 14.2. The highest BCUT2D eigenvalue weighted by molar-refractivity contribution is 7.13. The lowest BCUT2D eigenvalue weighted by Gasteiger charge is -2.28. The van der Waals surface area contributed by atoms with Crippen molar-refractivity contribution in [2.45, 2.75) is 31.7 Å². The number of hydrogen-bond acceptors (Lipinski definition) is 4. The van der Waals surface area contributed by atoms with Crippen LogP contribution in [-0.4, -0.2) is 22.5 Å². The molecule has 2 aromatic heterocycles. The Labute approximate surface area is 155 Å². The largest absolute Gasteiger partial charge is 0.355 e. The number of benzene rings is 1. The van der Waals surface area contributed by atoms with E-state index in [0.29, 0.717) is 12.3 Å². The minimum absolute atomic E-state index is 0.112. The molecule has 0 bridgehead atoms. The molecule has 0 spiro atoms. The second-order valence-corrected chi connectivity index (χ2v) is 7.38. The maximum absolute atomic E-state index is 14.1. The summed E-state index contributed by atoms with van der Waals surface area (Å²) >= 11 is 1.58. The summed E-state index contributed by atoms with van der Waals surface area (Å²) in [6.45, 7) is 0.596. The van der Waals surface area contributed by atoms with Crippen LogP contribution in [0.5, 0.6) is 0 Å². The van der Waals surface area contributed by atoms with Gasteiger partial charge >= 0.3 is 0 Å². The van der Waals surface area contributed by atoms with Gasteiger partial charge in [0.1, 0.15) is 11.5 Å². The Bertz CT molecular complexity index is 891. The summed E-state index contributed by atoms with van der Waals surface area (Å²) in [6, 6.07) is 11.8. The first kappa shape index (κ1) is 17.0. The zero-order chi connectivity index (χ0) is 17.9.